The van der Waals surface area contributed by atoms with Crippen LogP contribution < -0.4 is 0 Å². The maximum Gasteiger partial charge on any atom is 0.470 e. The van der Waals surface area contributed by atoms with Gasteiger partial charge in [0.25, 0.3) is 0 Å². The molecule has 1 aliphatic carbocycles. The summed E-state index contributed by atoms with van der Waals surface area (Å²) in [5, 5.41) is 0. The molecule has 1 fully saturated rings. The number of hydrogen-bond acceptors (Lipinski definition) is 2. The number of hydrogen-bond donors (Lipinski definition) is 0. The van der Waals surface area contributed by atoms with Gasteiger partial charge >= 0.3 is 7.12 Å². The van der Waals surface area contributed by atoms with Gasteiger partial charge in [0.15, 0.2) is 0 Å². The molecule has 110 valence electrons. The third kappa shape index (κ3) is 2.29. The van der Waals surface area contributed by atoms with Crippen molar-refractivity contribution in [3.63, 3.8) is 0 Å². The van der Waals surface area contributed by atoms with E-state index in [1.807, 2.05) is 6.07 Å². The molecule has 3 rings (SSSR count). The Balaban J connectivity index is 1.91. The van der Waals surface area contributed by atoms with Gasteiger partial charge < -0.3 is 9.31 Å². The lowest BCUT2D eigenvalue weighted by Gasteiger charge is -2.32. The summed E-state index contributed by atoms with van der Waals surface area (Å²) in [5.41, 5.74) is 3.29. The van der Waals surface area contributed by atoms with Crippen molar-refractivity contribution in [2.75, 3.05) is 0 Å². The van der Waals surface area contributed by atoms with E-state index in [1.165, 1.54) is 16.7 Å². The summed E-state index contributed by atoms with van der Waals surface area (Å²) in [6.07, 6.45) is 4.40. The second-order valence-electron chi connectivity index (χ2n) is 6.86. The topological polar surface area (TPSA) is 18.5 Å². The van der Waals surface area contributed by atoms with Crippen LogP contribution in [0, 0.1) is 0 Å². The molecule has 0 saturated carbocycles. The lowest BCUT2D eigenvalue weighted by Crippen LogP contribution is -2.41. The first-order chi connectivity index (χ1) is 9.86. The molecule has 0 N–H and O–H groups in total. The first-order valence-corrected chi connectivity index (χ1v) is 7.64. The first-order valence-electron chi connectivity index (χ1n) is 7.64. The van der Waals surface area contributed by atoms with E-state index in [9.17, 15) is 0 Å². The smallest absolute Gasteiger partial charge is 0.403 e. The van der Waals surface area contributed by atoms with Crippen molar-refractivity contribution in [3.05, 3.63) is 53.6 Å². The summed E-state index contributed by atoms with van der Waals surface area (Å²) in [7, 11) is -0.207. The van der Waals surface area contributed by atoms with Gasteiger partial charge in [-0.3, -0.25) is 0 Å². The largest absolute Gasteiger partial charge is 0.470 e. The number of allylic oxidation sites excluding steroid dienone is 4. The van der Waals surface area contributed by atoms with Crippen LogP contribution in [0.3, 0.4) is 0 Å². The van der Waals surface area contributed by atoms with Gasteiger partial charge in [-0.25, -0.2) is 0 Å². The molecular formula is C18H23BO2. The minimum atomic E-state index is -0.284. The van der Waals surface area contributed by atoms with Crippen LogP contribution in [0.15, 0.2) is 48.1 Å². The molecular weight excluding hydrogens is 259 g/mol. The molecule has 1 aliphatic heterocycles. The quantitative estimate of drug-likeness (QED) is 0.744. The van der Waals surface area contributed by atoms with Crippen LogP contribution in [0.25, 0.3) is 5.57 Å². The van der Waals surface area contributed by atoms with E-state index in [1.54, 1.807) is 0 Å². The van der Waals surface area contributed by atoms with E-state index in [4.69, 9.17) is 9.31 Å². The molecule has 0 amide bonds. The Hall–Kier alpha value is -1.32. The molecule has 1 atom stereocenters. The molecule has 0 spiro atoms. The molecule has 2 nitrogen and oxygen atoms in total. The highest BCUT2D eigenvalue weighted by atomic mass is 16.7. The second-order valence-corrected chi connectivity index (χ2v) is 6.86. The summed E-state index contributed by atoms with van der Waals surface area (Å²) in [5.74, 6) is 0.207. The maximum absolute atomic E-state index is 6.25. The van der Waals surface area contributed by atoms with E-state index < -0.39 is 0 Å². The van der Waals surface area contributed by atoms with Crippen molar-refractivity contribution in [1.29, 1.82) is 0 Å². The maximum atomic E-state index is 6.25. The number of benzene rings is 1. The summed E-state index contributed by atoms with van der Waals surface area (Å²) >= 11 is 0. The Morgan fingerprint density at radius 2 is 1.57 bits per heavy atom. The Kier molecular flexibility index (Phi) is 3.38. The van der Waals surface area contributed by atoms with Crippen molar-refractivity contribution >= 4 is 12.7 Å². The summed E-state index contributed by atoms with van der Waals surface area (Å²) in [6, 6.07) is 10.5. The summed E-state index contributed by atoms with van der Waals surface area (Å²) in [4.78, 5) is 0. The highest BCUT2D eigenvalue weighted by Gasteiger charge is 2.56. The molecule has 1 aromatic carbocycles. The third-order valence-electron chi connectivity index (χ3n) is 5.00. The van der Waals surface area contributed by atoms with E-state index in [0.29, 0.717) is 0 Å². The van der Waals surface area contributed by atoms with Crippen LogP contribution in [0.1, 0.15) is 40.2 Å². The summed E-state index contributed by atoms with van der Waals surface area (Å²) in [6.45, 7) is 10.5. The predicted molar refractivity (Wildman–Crippen MR) is 88.0 cm³/mol. The van der Waals surface area contributed by atoms with Crippen molar-refractivity contribution in [1.82, 2.24) is 0 Å². The van der Waals surface area contributed by atoms with Crippen molar-refractivity contribution < 1.29 is 9.31 Å². The number of rotatable bonds is 2. The molecule has 1 heterocycles. The molecule has 1 unspecified atom stereocenters. The molecule has 3 heteroatoms. The minimum Gasteiger partial charge on any atom is -0.403 e. The van der Waals surface area contributed by atoms with Gasteiger partial charge in [-0.15, -0.1) is 0 Å². The lowest BCUT2D eigenvalue weighted by molar-refractivity contribution is 0.00578. The average molecular weight is 282 g/mol. The van der Waals surface area contributed by atoms with E-state index in [-0.39, 0.29) is 24.1 Å². The zero-order valence-corrected chi connectivity index (χ0v) is 13.5. The van der Waals surface area contributed by atoms with Gasteiger partial charge in [-0.2, -0.15) is 0 Å². The van der Waals surface area contributed by atoms with Crippen molar-refractivity contribution in [2.45, 2.75) is 51.6 Å². The molecule has 0 aromatic heterocycles. The molecule has 2 aliphatic rings. The summed E-state index contributed by atoms with van der Waals surface area (Å²) < 4.78 is 12.5. The van der Waals surface area contributed by atoms with Crippen molar-refractivity contribution in [2.24, 2.45) is 0 Å². The molecule has 21 heavy (non-hydrogen) atoms. The van der Waals surface area contributed by atoms with Crippen LogP contribution in [0.2, 0.25) is 5.82 Å². The van der Waals surface area contributed by atoms with Crippen LogP contribution in [0.5, 0.6) is 0 Å². The molecule has 1 saturated heterocycles. The Bertz CT molecular complexity index is 583. The Morgan fingerprint density at radius 1 is 1.00 bits per heavy atom. The fraction of sp³-hybridized carbons (Fsp3) is 0.444. The SMILES string of the molecule is C/C=C1/C=C(c2ccccc2)C1B1OC(C)(C)C(C)(C)O1. The van der Waals surface area contributed by atoms with Gasteiger partial charge in [-0.1, -0.05) is 42.5 Å². The van der Waals surface area contributed by atoms with Crippen LogP contribution >= 0.6 is 0 Å². The van der Waals surface area contributed by atoms with Gasteiger partial charge in [0.05, 0.1) is 11.2 Å². The molecule has 0 radical (unpaired) electrons. The van der Waals surface area contributed by atoms with Crippen LogP contribution in [-0.2, 0) is 9.31 Å². The standard InChI is InChI=1S/C18H23BO2/c1-6-13-12-15(14-10-8-7-9-11-14)16(13)19-20-17(2,3)18(4,5)21-19/h6-12,16H,1-5H3/b13-6-. The first kappa shape index (κ1) is 14.6. The zero-order chi connectivity index (χ0) is 15.3. The monoisotopic (exact) mass is 282 g/mol. The second kappa shape index (κ2) is 4.86. The van der Waals surface area contributed by atoms with Crippen LogP contribution in [0.4, 0.5) is 0 Å². The average Bonchev–Trinajstić information content (AvgIpc) is 2.58. The zero-order valence-electron chi connectivity index (χ0n) is 13.5. The van der Waals surface area contributed by atoms with E-state index in [2.05, 4.69) is 71.0 Å². The van der Waals surface area contributed by atoms with Gasteiger partial charge in [0.2, 0.25) is 0 Å². The van der Waals surface area contributed by atoms with Gasteiger partial charge in [-0.05, 0) is 51.3 Å². The third-order valence-corrected chi connectivity index (χ3v) is 5.00. The fourth-order valence-electron chi connectivity index (χ4n) is 2.93. The Labute approximate surface area is 128 Å². The van der Waals surface area contributed by atoms with E-state index >= 15 is 0 Å². The van der Waals surface area contributed by atoms with Gasteiger partial charge in [0.1, 0.15) is 0 Å². The Morgan fingerprint density at radius 3 is 2.10 bits per heavy atom. The lowest BCUT2D eigenvalue weighted by atomic mass is 9.56. The van der Waals surface area contributed by atoms with Gasteiger partial charge in [0, 0.05) is 5.82 Å². The predicted octanol–water partition coefficient (Wildman–Crippen LogP) is 4.49. The fourth-order valence-corrected chi connectivity index (χ4v) is 2.93. The van der Waals surface area contributed by atoms with E-state index in [0.717, 1.165) is 0 Å². The highest BCUT2D eigenvalue weighted by molar-refractivity contribution is 6.53. The van der Waals surface area contributed by atoms with Crippen LogP contribution in [-0.4, -0.2) is 18.3 Å². The normalized spacial score (nSPS) is 28.4. The molecule has 0 bridgehead atoms. The highest BCUT2D eigenvalue weighted by Crippen LogP contribution is 2.52. The van der Waals surface area contributed by atoms with Crippen molar-refractivity contribution in [3.8, 4) is 0 Å². The minimum absolute atomic E-state index is 0.207. The molecule has 1 aromatic rings.